The van der Waals surface area contributed by atoms with Crippen LogP contribution in [-0.2, 0) is 9.84 Å². The van der Waals surface area contributed by atoms with Crippen LogP contribution in [0, 0.1) is 5.92 Å². The van der Waals surface area contributed by atoms with Gasteiger partial charge in [-0.15, -0.1) is 0 Å². The summed E-state index contributed by atoms with van der Waals surface area (Å²) < 4.78 is 23.5. The van der Waals surface area contributed by atoms with E-state index in [1.165, 1.54) is 6.42 Å². The van der Waals surface area contributed by atoms with Crippen molar-refractivity contribution >= 4 is 9.84 Å². The van der Waals surface area contributed by atoms with E-state index < -0.39 is 9.84 Å². The molecule has 2 saturated heterocycles. The van der Waals surface area contributed by atoms with Crippen LogP contribution in [0.4, 0.5) is 0 Å². The molecule has 0 aromatic carbocycles. The maximum atomic E-state index is 11.7. The topological polar surface area (TPSA) is 49.4 Å². The third kappa shape index (κ3) is 3.45. The third-order valence-corrected chi connectivity index (χ3v) is 6.33. The average Bonchev–Trinajstić information content (AvgIpc) is 2.37. The zero-order chi connectivity index (χ0) is 13.2. The van der Waals surface area contributed by atoms with Gasteiger partial charge in [0, 0.05) is 31.7 Å². The minimum atomic E-state index is -2.79. The van der Waals surface area contributed by atoms with Gasteiger partial charge in [-0.1, -0.05) is 20.3 Å². The molecule has 0 aromatic rings. The Bertz CT molecular complexity index is 369. The van der Waals surface area contributed by atoms with Crippen LogP contribution in [0.5, 0.6) is 0 Å². The van der Waals surface area contributed by atoms with E-state index in [2.05, 4.69) is 24.1 Å². The summed E-state index contributed by atoms with van der Waals surface area (Å²) in [5.41, 5.74) is 0. The normalized spacial score (nSPS) is 35.2. The second kappa shape index (κ2) is 5.88. The average molecular weight is 274 g/mol. The van der Waals surface area contributed by atoms with Crippen molar-refractivity contribution in [3.05, 3.63) is 0 Å². The van der Waals surface area contributed by atoms with E-state index in [1.54, 1.807) is 0 Å². The van der Waals surface area contributed by atoms with Gasteiger partial charge in [0.05, 0.1) is 11.5 Å². The van der Waals surface area contributed by atoms with Crippen LogP contribution in [0.1, 0.15) is 33.1 Å². The van der Waals surface area contributed by atoms with Crippen LogP contribution in [0.15, 0.2) is 0 Å². The first kappa shape index (κ1) is 14.3. The Morgan fingerprint density at radius 1 is 1.44 bits per heavy atom. The molecule has 18 heavy (non-hydrogen) atoms. The van der Waals surface area contributed by atoms with Crippen molar-refractivity contribution in [1.29, 1.82) is 0 Å². The van der Waals surface area contributed by atoms with Gasteiger partial charge in [-0.3, -0.25) is 4.90 Å². The zero-order valence-electron chi connectivity index (χ0n) is 11.6. The Hall–Kier alpha value is -0.130. The first-order chi connectivity index (χ1) is 8.52. The Morgan fingerprint density at radius 3 is 2.89 bits per heavy atom. The molecule has 2 aliphatic heterocycles. The summed E-state index contributed by atoms with van der Waals surface area (Å²) in [7, 11) is -2.79. The summed E-state index contributed by atoms with van der Waals surface area (Å²) in [6, 6.07) is 0.783. The van der Waals surface area contributed by atoms with Crippen molar-refractivity contribution in [2.24, 2.45) is 5.92 Å². The maximum absolute atomic E-state index is 11.7. The number of piperazine rings is 1. The van der Waals surface area contributed by atoms with Crippen LogP contribution in [-0.4, -0.2) is 56.5 Å². The van der Waals surface area contributed by atoms with E-state index in [-0.39, 0.29) is 6.04 Å². The van der Waals surface area contributed by atoms with Crippen molar-refractivity contribution in [2.45, 2.75) is 45.2 Å². The number of nitrogens with zero attached hydrogens (tertiary/aromatic N) is 1. The molecule has 2 fully saturated rings. The molecular formula is C13H26N2O2S. The molecule has 0 saturated carbocycles. The molecule has 2 heterocycles. The quantitative estimate of drug-likeness (QED) is 0.830. The van der Waals surface area contributed by atoms with Crippen LogP contribution >= 0.6 is 0 Å². The van der Waals surface area contributed by atoms with E-state index in [0.717, 1.165) is 32.5 Å². The number of sulfone groups is 1. The fourth-order valence-electron chi connectivity index (χ4n) is 3.09. The van der Waals surface area contributed by atoms with Crippen LogP contribution in [0.3, 0.4) is 0 Å². The lowest BCUT2D eigenvalue weighted by atomic mass is 9.96. The monoisotopic (exact) mass is 274 g/mol. The molecule has 2 rings (SSSR count). The molecule has 2 aliphatic rings. The minimum Gasteiger partial charge on any atom is -0.311 e. The largest absolute Gasteiger partial charge is 0.311 e. The van der Waals surface area contributed by atoms with Crippen molar-refractivity contribution < 1.29 is 8.42 Å². The SMILES string of the molecule is CCC(C)C1CN(C2CCCS(=O)(=O)C2)CCN1. The molecule has 0 spiro atoms. The summed E-state index contributed by atoms with van der Waals surface area (Å²) in [6.45, 7) is 7.49. The van der Waals surface area contributed by atoms with Gasteiger partial charge in [0.25, 0.3) is 0 Å². The number of rotatable bonds is 3. The van der Waals surface area contributed by atoms with Gasteiger partial charge in [0.15, 0.2) is 9.84 Å². The third-order valence-electron chi connectivity index (χ3n) is 4.52. The van der Waals surface area contributed by atoms with E-state index in [0.29, 0.717) is 23.5 Å². The summed E-state index contributed by atoms with van der Waals surface area (Å²) in [5.74, 6) is 1.43. The molecule has 106 valence electrons. The molecule has 4 nitrogen and oxygen atoms in total. The second-order valence-electron chi connectivity index (χ2n) is 5.85. The Labute approximate surface area is 111 Å². The first-order valence-corrected chi connectivity index (χ1v) is 9.02. The first-order valence-electron chi connectivity index (χ1n) is 7.19. The van der Waals surface area contributed by atoms with Crippen LogP contribution < -0.4 is 5.32 Å². The van der Waals surface area contributed by atoms with Crippen LogP contribution in [0.2, 0.25) is 0 Å². The maximum Gasteiger partial charge on any atom is 0.151 e. The standard InChI is InChI=1S/C13H26N2O2S/c1-3-11(2)13-9-15(7-6-14-13)12-5-4-8-18(16,17)10-12/h11-14H,3-10H2,1-2H3. The lowest BCUT2D eigenvalue weighted by Crippen LogP contribution is -2.57. The predicted octanol–water partition coefficient (Wildman–Crippen LogP) is 0.884. The van der Waals surface area contributed by atoms with Gasteiger partial charge in [-0.2, -0.15) is 0 Å². The summed E-state index contributed by atoms with van der Waals surface area (Å²) in [4.78, 5) is 2.41. The highest BCUT2D eigenvalue weighted by atomic mass is 32.2. The Balaban J connectivity index is 1.96. The van der Waals surface area contributed by atoms with Gasteiger partial charge < -0.3 is 5.32 Å². The molecule has 0 aliphatic carbocycles. The van der Waals surface area contributed by atoms with E-state index >= 15 is 0 Å². The second-order valence-corrected chi connectivity index (χ2v) is 8.08. The Morgan fingerprint density at radius 2 is 2.22 bits per heavy atom. The fourth-order valence-corrected chi connectivity index (χ4v) is 4.82. The highest BCUT2D eigenvalue weighted by Gasteiger charge is 2.32. The molecule has 5 heteroatoms. The molecule has 0 aromatic heterocycles. The molecule has 3 atom stereocenters. The van der Waals surface area contributed by atoms with E-state index in [9.17, 15) is 8.42 Å². The predicted molar refractivity (Wildman–Crippen MR) is 74.5 cm³/mol. The van der Waals surface area contributed by atoms with Gasteiger partial charge in [-0.25, -0.2) is 8.42 Å². The van der Waals surface area contributed by atoms with Gasteiger partial charge in [0.1, 0.15) is 0 Å². The summed E-state index contributed by atoms with van der Waals surface area (Å²) in [5, 5.41) is 3.57. The van der Waals surface area contributed by atoms with E-state index in [4.69, 9.17) is 0 Å². The van der Waals surface area contributed by atoms with Crippen molar-refractivity contribution in [3.63, 3.8) is 0 Å². The molecule has 0 amide bonds. The highest BCUT2D eigenvalue weighted by molar-refractivity contribution is 7.91. The smallest absolute Gasteiger partial charge is 0.151 e. The number of nitrogens with one attached hydrogen (secondary N) is 1. The lowest BCUT2D eigenvalue weighted by molar-refractivity contribution is 0.124. The van der Waals surface area contributed by atoms with E-state index in [1.807, 2.05) is 0 Å². The van der Waals surface area contributed by atoms with Gasteiger partial charge >= 0.3 is 0 Å². The molecule has 0 bridgehead atoms. The lowest BCUT2D eigenvalue weighted by Gasteiger charge is -2.41. The van der Waals surface area contributed by atoms with Crippen molar-refractivity contribution in [1.82, 2.24) is 10.2 Å². The number of hydrogen-bond acceptors (Lipinski definition) is 4. The van der Waals surface area contributed by atoms with Crippen molar-refractivity contribution in [3.8, 4) is 0 Å². The van der Waals surface area contributed by atoms with Crippen molar-refractivity contribution in [2.75, 3.05) is 31.1 Å². The summed E-state index contributed by atoms with van der Waals surface area (Å²) >= 11 is 0. The highest BCUT2D eigenvalue weighted by Crippen LogP contribution is 2.21. The summed E-state index contributed by atoms with van der Waals surface area (Å²) in [6.07, 6.45) is 3.06. The molecular weight excluding hydrogens is 248 g/mol. The van der Waals surface area contributed by atoms with Gasteiger partial charge in [-0.05, 0) is 18.8 Å². The minimum absolute atomic E-state index is 0.261. The molecule has 0 radical (unpaired) electrons. The fraction of sp³-hybridized carbons (Fsp3) is 1.00. The molecule has 3 unspecified atom stereocenters. The number of hydrogen-bond donors (Lipinski definition) is 1. The van der Waals surface area contributed by atoms with Gasteiger partial charge in [0.2, 0.25) is 0 Å². The zero-order valence-corrected chi connectivity index (χ0v) is 12.4. The molecule has 1 N–H and O–H groups in total. The van der Waals surface area contributed by atoms with Crippen LogP contribution in [0.25, 0.3) is 0 Å². The Kier molecular flexibility index (Phi) is 4.67.